The van der Waals surface area contributed by atoms with Gasteiger partial charge < -0.3 is 19.9 Å². The Morgan fingerprint density at radius 2 is 2.21 bits per heavy atom. The van der Waals surface area contributed by atoms with Gasteiger partial charge in [-0.15, -0.1) is 10.2 Å². The van der Waals surface area contributed by atoms with Crippen molar-refractivity contribution in [1.82, 2.24) is 25.4 Å². The molecule has 2 heterocycles. The van der Waals surface area contributed by atoms with Gasteiger partial charge in [0.05, 0.1) is 12.6 Å². The van der Waals surface area contributed by atoms with Gasteiger partial charge in [-0.2, -0.15) is 0 Å². The summed E-state index contributed by atoms with van der Waals surface area (Å²) in [5.74, 6) is 0.752. The van der Waals surface area contributed by atoms with Gasteiger partial charge in [-0.1, -0.05) is 30.3 Å². The molecule has 3 rings (SSSR count). The molecule has 1 fully saturated rings. The van der Waals surface area contributed by atoms with Gasteiger partial charge in [-0.25, -0.2) is 4.79 Å². The molecular formula is C17H23N5O2. The number of aryl methyl sites for hydroxylation is 1. The fourth-order valence-electron chi connectivity index (χ4n) is 2.90. The molecule has 0 saturated carbocycles. The minimum absolute atomic E-state index is 0.0356. The van der Waals surface area contributed by atoms with Crippen LogP contribution in [0.4, 0.5) is 4.79 Å². The van der Waals surface area contributed by atoms with Gasteiger partial charge >= 0.3 is 6.03 Å². The van der Waals surface area contributed by atoms with Crippen molar-refractivity contribution in [1.29, 1.82) is 0 Å². The van der Waals surface area contributed by atoms with Crippen LogP contribution in [0.1, 0.15) is 37.3 Å². The molecule has 128 valence electrons. The van der Waals surface area contributed by atoms with Crippen LogP contribution in [-0.4, -0.2) is 33.4 Å². The van der Waals surface area contributed by atoms with Gasteiger partial charge in [0, 0.05) is 19.2 Å². The fraction of sp³-hybridized carbons (Fsp3) is 0.471. The summed E-state index contributed by atoms with van der Waals surface area (Å²) in [6.45, 7) is 3.81. The molecule has 1 aliphatic heterocycles. The van der Waals surface area contributed by atoms with E-state index in [9.17, 15) is 4.79 Å². The number of urea groups is 1. The number of carbonyl (C=O) groups excluding carboxylic acids is 1. The van der Waals surface area contributed by atoms with Gasteiger partial charge in [0.2, 0.25) is 0 Å². The predicted octanol–water partition coefficient (Wildman–Crippen LogP) is 2.02. The number of nitrogens with one attached hydrogen (secondary N) is 2. The summed E-state index contributed by atoms with van der Waals surface area (Å²) in [5, 5.41) is 13.7. The van der Waals surface area contributed by atoms with Gasteiger partial charge in [0.1, 0.15) is 6.33 Å². The van der Waals surface area contributed by atoms with E-state index in [0.717, 1.165) is 30.8 Å². The van der Waals surface area contributed by atoms with Crippen LogP contribution in [0.3, 0.4) is 0 Å². The molecule has 0 bridgehead atoms. The molecule has 7 nitrogen and oxygen atoms in total. The lowest BCUT2D eigenvalue weighted by molar-refractivity contribution is 0.00225. The molecular weight excluding hydrogens is 306 g/mol. The Hall–Kier alpha value is -2.41. The summed E-state index contributed by atoms with van der Waals surface area (Å²) in [4.78, 5) is 12.1. The van der Waals surface area contributed by atoms with E-state index in [2.05, 4.69) is 33.0 Å². The highest BCUT2D eigenvalue weighted by molar-refractivity contribution is 5.74. The highest BCUT2D eigenvalue weighted by Gasteiger charge is 2.25. The Labute approximate surface area is 141 Å². The van der Waals surface area contributed by atoms with E-state index in [1.165, 1.54) is 0 Å². The van der Waals surface area contributed by atoms with Crippen LogP contribution >= 0.6 is 0 Å². The van der Waals surface area contributed by atoms with Crippen LogP contribution in [0.2, 0.25) is 0 Å². The Morgan fingerprint density at radius 3 is 3.00 bits per heavy atom. The maximum absolute atomic E-state index is 12.1. The van der Waals surface area contributed by atoms with E-state index in [1.54, 1.807) is 6.33 Å². The molecule has 1 saturated heterocycles. The minimum Gasteiger partial charge on any atom is -0.373 e. The number of nitrogens with zero attached hydrogens (tertiary/aromatic N) is 3. The summed E-state index contributed by atoms with van der Waals surface area (Å²) >= 11 is 0. The largest absolute Gasteiger partial charge is 0.373 e. The van der Waals surface area contributed by atoms with E-state index >= 15 is 0 Å². The first kappa shape index (κ1) is 16.4. The molecule has 0 radical (unpaired) electrons. The Bertz CT molecular complexity index is 658. The number of carbonyl (C=O) groups is 1. The zero-order chi connectivity index (χ0) is 16.8. The molecule has 0 spiro atoms. The molecule has 0 aliphatic carbocycles. The van der Waals surface area contributed by atoms with E-state index in [4.69, 9.17) is 4.74 Å². The maximum atomic E-state index is 12.1. The normalized spacial score (nSPS) is 20.5. The third kappa shape index (κ3) is 4.11. The number of hydrogen-bond donors (Lipinski definition) is 2. The lowest BCUT2D eigenvalue weighted by atomic mass is 9.97. The van der Waals surface area contributed by atoms with Gasteiger partial charge in [0.15, 0.2) is 5.82 Å². The zero-order valence-corrected chi connectivity index (χ0v) is 13.8. The lowest BCUT2D eigenvalue weighted by Crippen LogP contribution is -2.45. The summed E-state index contributed by atoms with van der Waals surface area (Å²) in [6.07, 6.45) is 3.30. The van der Waals surface area contributed by atoms with Crippen LogP contribution in [0.15, 0.2) is 36.7 Å². The Kier molecular flexibility index (Phi) is 5.43. The second-order valence-electron chi connectivity index (χ2n) is 5.85. The molecule has 2 atom stereocenters. The maximum Gasteiger partial charge on any atom is 0.315 e. The topological polar surface area (TPSA) is 81.1 Å². The van der Waals surface area contributed by atoms with Crippen molar-refractivity contribution in [3.8, 4) is 0 Å². The number of amides is 2. The first-order valence-corrected chi connectivity index (χ1v) is 8.34. The third-order valence-corrected chi connectivity index (χ3v) is 4.23. The van der Waals surface area contributed by atoms with Crippen molar-refractivity contribution in [3.05, 3.63) is 48.0 Å². The van der Waals surface area contributed by atoms with E-state index in [1.807, 2.05) is 29.7 Å². The zero-order valence-electron chi connectivity index (χ0n) is 13.8. The van der Waals surface area contributed by atoms with Crippen LogP contribution in [0.5, 0.6) is 0 Å². The van der Waals surface area contributed by atoms with Crippen molar-refractivity contribution in [2.45, 2.75) is 45.0 Å². The van der Waals surface area contributed by atoms with Crippen LogP contribution in [0.25, 0.3) is 0 Å². The molecule has 24 heavy (non-hydrogen) atoms. The molecule has 1 aromatic heterocycles. The summed E-state index contributed by atoms with van der Waals surface area (Å²) in [6, 6.07) is 10.0. The number of aromatic nitrogens is 3. The first-order chi connectivity index (χ1) is 11.8. The van der Waals surface area contributed by atoms with Crippen molar-refractivity contribution in [2.75, 3.05) is 6.61 Å². The smallest absolute Gasteiger partial charge is 0.315 e. The third-order valence-electron chi connectivity index (χ3n) is 4.23. The second-order valence-corrected chi connectivity index (χ2v) is 5.85. The molecule has 2 amide bonds. The second kappa shape index (κ2) is 7.92. The molecule has 2 N–H and O–H groups in total. The standard InChI is InChI=1S/C17H23N5O2/c1-2-22-12-19-21-16(22)11-18-17(23)20-14-8-9-24-15(10-14)13-6-4-3-5-7-13/h3-7,12,14-15H,2,8-11H2,1H3,(H2,18,20,23)/t14-,15-/m0/s1. The van der Waals surface area contributed by atoms with E-state index in [-0.39, 0.29) is 18.2 Å². The van der Waals surface area contributed by atoms with E-state index in [0.29, 0.717) is 13.2 Å². The highest BCUT2D eigenvalue weighted by atomic mass is 16.5. The Morgan fingerprint density at radius 1 is 1.38 bits per heavy atom. The summed E-state index contributed by atoms with van der Waals surface area (Å²) < 4.78 is 7.73. The SMILES string of the molecule is CCn1cnnc1CNC(=O)N[C@H]1CCO[C@H](c2ccccc2)C1. The first-order valence-electron chi connectivity index (χ1n) is 8.34. The average Bonchev–Trinajstić information content (AvgIpc) is 3.08. The molecule has 1 aliphatic rings. The number of rotatable bonds is 5. The van der Waals surface area contributed by atoms with Gasteiger partial charge in [0.25, 0.3) is 0 Å². The fourth-order valence-corrected chi connectivity index (χ4v) is 2.90. The van der Waals surface area contributed by atoms with Gasteiger partial charge in [-0.3, -0.25) is 0 Å². The van der Waals surface area contributed by atoms with Crippen molar-refractivity contribution in [2.24, 2.45) is 0 Å². The average molecular weight is 329 g/mol. The number of ether oxygens (including phenoxy) is 1. The molecule has 1 aromatic carbocycles. The van der Waals surface area contributed by atoms with E-state index < -0.39 is 0 Å². The monoisotopic (exact) mass is 329 g/mol. The van der Waals surface area contributed by atoms with Crippen LogP contribution in [0, 0.1) is 0 Å². The highest BCUT2D eigenvalue weighted by Crippen LogP contribution is 2.27. The summed E-state index contributed by atoms with van der Waals surface area (Å²) in [7, 11) is 0. The van der Waals surface area contributed by atoms with Crippen molar-refractivity contribution in [3.63, 3.8) is 0 Å². The predicted molar refractivity (Wildman–Crippen MR) is 89.2 cm³/mol. The Balaban J connectivity index is 1.49. The minimum atomic E-state index is -0.181. The molecule has 0 unspecified atom stereocenters. The van der Waals surface area contributed by atoms with Crippen molar-refractivity contribution >= 4 is 6.03 Å². The van der Waals surface area contributed by atoms with Gasteiger partial charge in [-0.05, 0) is 25.3 Å². The molecule has 7 heteroatoms. The van der Waals surface area contributed by atoms with Crippen molar-refractivity contribution < 1.29 is 9.53 Å². The quantitative estimate of drug-likeness (QED) is 0.879. The summed E-state index contributed by atoms with van der Waals surface area (Å²) in [5.41, 5.74) is 1.15. The lowest BCUT2D eigenvalue weighted by Gasteiger charge is -2.30. The van der Waals surface area contributed by atoms with Crippen LogP contribution in [-0.2, 0) is 17.8 Å². The number of benzene rings is 1. The molecule has 2 aromatic rings. The number of hydrogen-bond acceptors (Lipinski definition) is 4. The van der Waals surface area contributed by atoms with Crippen LogP contribution < -0.4 is 10.6 Å².